The lowest BCUT2D eigenvalue weighted by Gasteiger charge is -2.26. The second-order valence-corrected chi connectivity index (χ2v) is 4.43. The molecule has 6 heteroatoms. The Labute approximate surface area is 115 Å². The second kappa shape index (κ2) is 5.64. The fraction of sp³-hybridized carbons (Fsp3) is 0.214. The zero-order valence-electron chi connectivity index (χ0n) is 11.2. The fourth-order valence-electron chi connectivity index (χ4n) is 1.97. The minimum absolute atomic E-state index is 0.166. The van der Waals surface area contributed by atoms with Crippen molar-refractivity contribution in [3.8, 4) is 0 Å². The molecule has 1 atom stereocenters. The number of nitro groups is 1. The summed E-state index contributed by atoms with van der Waals surface area (Å²) in [6.07, 6.45) is 1.67. The summed E-state index contributed by atoms with van der Waals surface area (Å²) in [6, 6.07) is 8.88. The average Bonchev–Trinajstić information content (AvgIpc) is 2.46. The quantitative estimate of drug-likeness (QED) is 0.634. The summed E-state index contributed by atoms with van der Waals surface area (Å²) in [7, 11) is 1.72. The number of anilines is 1. The van der Waals surface area contributed by atoms with E-state index in [1.54, 1.807) is 24.2 Å². The van der Waals surface area contributed by atoms with Gasteiger partial charge in [-0.3, -0.25) is 15.1 Å². The van der Waals surface area contributed by atoms with Crippen LogP contribution in [0.2, 0.25) is 0 Å². The third-order valence-electron chi connectivity index (χ3n) is 3.21. The molecule has 1 aromatic heterocycles. The Kier molecular flexibility index (Phi) is 3.93. The molecule has 20 heavy (non-hydrogen) atoms. The Balaban J connectivity index is 2.38. The van der Waals surface area contributed by atoms with Crippen LogP contribution in [0.3, 0.4) is 0 Å². The first-order valence-electron chi connectivity index (χ1n) is 6.08. The van der Waals surface area contributed by atoms with Crippen LogP contribution in [0.15, 0.2) is 42.6 Å². The molecule has 2 rings (SSSR count). The number of benzene rings is 1. The molecule has 0 aliphatic carbocycles. The summed E-state index contributed by atoms with van der Waals surface area (Å²) >= 11 is 0. The van der Waals surface area contributed by atoms with Gasteiger partial charge in [-0.05, 0) is 31.2 Å². The molecule has 2 aromatic rings. The van der Waals surface area contributed by atoms with Gasteiger partial charge in [-0.25, -0.2) is 4.39 Å². The molecule has 0 aliphatic rings. The predicted octanol–water partition coefficient (Wildman–Crippen LogP) is 3.33. The molecule has 1 aromatic carbocycles. The van der Waals surface area contributed by atoms with Crippen LogP contribution in [-0.2, 0) is 0 Å². The van der Waals surface area contributed by atoms with Gasteiger partial charge in [0, 0.05) is 13.2 Å². The lowest BCUT2D eigenvalue weighted by atomic mass is 10.1. The third-order valence-corrected chi connectivity index (χ3v) is 3.21. The van der Waals surface area contributed by atoms with Crippen LogP contribution >= 0.6 is 0 Å². The Morgan fingerprint density at radius 3 is 2.70 bits per heavy atom. The molecule has 1 heterocycles. The van der Waals surface area contributed by atoms with Crippen LogP contribution in [0.4, 0.5) is 15.8 Å². The molecule has 0 amide bonds. The summed E-state index contributed by atoms with van der Waals surface area (Å²) in [6.45, 7) is 1.88. The van der Waals surface area contributed by atoms with E-state index in [9.17, 15) is 14.5 Å². The van der Waals surface area contributed by atoms with Crippen LogP contribution in [0.5, 0.6) is 0 Å². The van der Waals surface area contributed by atoms with Crippen molar-refractivity contribution in [2.45, 2.75) is 13.0 Å². The highest BCUT2D eigenvalue weighted by Crippen LogP contribution is 2.32. The molecule has 104 valence electrons. The van der Waals surface area contributed by atoms with Gasteiger partial charge in [0.2, 0.25) is 0 Å². The molecule has 0 N–H and O–H groups in total. The van der Waals surface area contributed by atoms with Crippen molar-refractivity contribution in [3.63, 3.8) is 0 Å². The topological polar surface area (TPSA) is 59.3 Å². The van der Waals surface area contributed by atoms with Crippen molar-refractivity contribution in [2.24, 2.45) is 0 Å². The maximum Gasteiger partial charge on any atom is 0.295 e. The van der Waals surface area contributed by atoms with E-state index in [2.05, 4.69) is 4.98 Å². The van der Waals surface area contributed by atoms with Gasteiger partial charge in [-0.2, -0.15) is 0 Å². The SMILES string of the molecule is CC(c1ccccn1)N(C)c1ccc(F)cc1[N+](=O)[O-]. The first-order valence-corrected chi connectivity index (χ1v) is 6.08. The van der Waals surface area contributed by atoms with Crippen LogP contribution < -0.4 is 4.90 Å². The van der Waals surface area contributed by atoms with E-state index < -0.39 is 10.7 Å². The summed E-state index contributed by atoms with van der Waals surface area (Å²) < 4.78 is 13.2. The van der Waals surface area contributed by atoms with E-state index in [-0.39, 0.29) is 11.7 Å². The number of hydrogen-bond donors (Lipinski definition) is 0. The zero-order chi connectivity index (χ0) is 14.7. The number of aromatic nitrogens is 1. The van der Waals surface area contributed by atoms with E-state index in [0.717, 1.165) is 11.8 Å². The molecule has 0 saturated carbocycles. The zero-order valence-corrected chi connectivity index (χ0v) is 11.2. The molecule has 0 bridgehead atoms. The molecule has 0 radical (unpaired) electrons. The molecule has 0 aliphatic heterocycles. The smallest absolute Gasteiger partial charge is 0.295 e. The Bertz CT molecular complexity index is 619. The van der Waals surface area contributed by atoms with Crippen molar-refractivity contribution in [1.29, 1.82) is 0 Å². The number of nitro benzene ring substituents is 1. The molecule has 5 nitrogen and oxygen atoms in total. The fourth-order valence-corrected chi connectivity index (χ4v) is 1.97. The van der Waals surface area contributed by atoms with Crippen LogP contribution in [0.1, 0.15) is 18.7 Å². The lowest BCUT2D eigenvalue weighted by Crippen LogP contribution is -2.23. The van der Waals surface area contributed by atoms with Gasteiger partial charge in [0.05, 0.1) is 22.7 Å². The first-order chi connectivity index (χ1) is 9.50. The van der Waals surface area contributed by atoms with Crippen molar-refractivity contribution < 1.29 is 9.31 Å². The monoisotopic (exact) mass is 275 g/mol. The summed E-state index contributed by atoms with van der Waals surface area (Å²) in [4.78, 5) is 16.4. The van der Waals surface area contributed by atoms with Gasteiger partial charge in [-0.1, -0.05) is 6.07 Å². The minimum Gasteiger partial charge on any atom is -0.361 e. The third kappa shape index (κ3) is 2.74. The van der Waals surface area contributed by atoms with E-state index >= 15 is 0 Å². The first kappa shape index (κ1) is 13.9. The summed E-state index contributed by atoms with van der Waals surface area (Å²) in [5.74, 6) is -0.626. The Morgan fingerprint density at radius 1 is 1.35 bits per heavy atom. The standard InChI is InChI=1S/C14H14FN3O2/c1-10(12-5-3-4-8-16-12)17(2)13-7-6-11(15)9-14(13)18(19)20/h3-10H,1-2H3. The van der Waals surface area contributed by atoms with Crippen LogP contribution in [-0.4, -0.2) is 17.0 Å². The maximum atomic E-state index is 13.2. The highest BCUT2D eigenvalue weighted by Gasteiger charge is 2.22. The largest absolute Gasteiger partial charge is 0.361 e. The van der Waals surface area contributed by atoms with Gasteiger partial charge in [0.15, 0.2) is 0 Å². The number of nitrogens with zero attached hydrogens (tertiary/aromatic N) is 3. The van der Waals surface area contributed by atoms with E-state index in [1.807, 2.05) is 19.1 Å². The van der Waals surface area contributed by atoms with Crippen LogP contribution in [0, 0.1) is 15.9 Å². The number of hydrogen-bond acceptors (Lipinski definition) is 4. The summed E-state index contributed by atoms with van der Waals surface area (Å²) in [5.41, 5.74) is 0.887. The number of rotatable bonds is 4. The predicted molar refractivity (Wildman–Crippen MR) is 74.1 cm³/mol. The van der Waals surface area contributed by atoms with Crippen molar-refractivity contribution in [3.05, 3.63) is 64.2 Å². The molecule has 0 saturated heterocycles. The maximum absolute atomic E-state index is 13.2. The molecule has 0 fully saturated rings. The number of pyridine rings is 1. The van der Waals surface area contributed by atoms with Gasteiger partial charge in [-0.15, -0.1) is 0 Å². The van der Waals surface area contributed by atoms with Gasteiger partial charge >= 0.3 is 0 Å². The molecule has 1 unspecified atom stereocenters. The molecular weight excluding hydrogens is 261 g/mol. The highest BCUT2D eigenvalue weighted by molar-refractivity contribution is 5.63. The normalized spacial score (nSPS) is 11.9. The van der Waals surface area contributed by atoms with E-state index in [1.165, 1.54) is 12.1 Å². The Hall–Kier alpha value is -2.50. The van der Waals surface area contributed by atoms with Crippen molar-refractivity contribution in [1.82, 2.24) is 4.98 Å². The van der Waals surface area contributed by atoms with Crippen LogP contribution in [0.25, 0.3) is 0 Å². The molecular formula is C14H14FN3O2. The van der Waals surface area contributed by atoms with Crippen molar-refractivity contribution >= 4 is 11.4 Å². The van der Waals surface area contributed by atoms with Gasteiger partial charge in [0.1, 0.15) is 11.5 Å². The minimum atomic E-state index is -0.626. The van der Waals surface area contributed by atoms with Gasteiger partial charge in [0.25, 0.3) is 5.69 Å². The number of halogens is 1. The molecule has 0 spiro atoms. The van der Waals surface area contributed by atoms with E-state index in [0.29, 0.717) is 5.69 Å². The highest BCUT2D eigenvalue weighted by atomic mass is 19.1. The summed E-state index contributed by atoms with van der Waals surface area (Å²) in [5, 5.41) is 11.0. The second-order valence-electron chi connectivity index (χ2n) is 4.43. The average molecular weight is 275 g/mol. The Morgan fingerprint density at radius 2 is 2.10 bits per heavy atom. The lowest BCUT2D eigenvalue weighted by molar-refractivity contribution is -0.384. The van der Waals surface area contributed by atoms with Crippen molar-refractivity contribution in [2.75, 3.05) is 11.9 Å². The van der Waals surface area contributed by atoms with E-state index in [4.69, 9.17) is 0 Å². The van der Waals surface area contributed by atoms with Gasteiger partial charge < -0.3 is 4.90 Å².